The smallest absolute Gasteiger partial charge is 0.330 e. The van der Waals surface area contributed by atoms with E-state index in [1.165, 1.54) is 37.6 Å². The number of carboxylic acids is 1. The Morgan fingerprint density at radius 3 is 2.63 bits per heavy atom. The van der Waals surface area contributed by atoms with E-state index in [4.69, 9.17) is 9.47 Å². The summed E-state index contributed by atoms with van der Waals surface area (Å²) in [5.74, 6) is -2.44. The highest BCUT2D eigenvalue weighted by molar-refractivity contribution is 5.97. The number of aliphatic carboxylic acids is 1. The van der Waals surface area contributed by atoms with Gasteiger partial charge < -0.3 is 19.9 Å². The lowest BCUT2D eigenvalue weighted by molar-refractivity contribution is -0.139. The topological polar surface area (TPSA) is 97.8 Å². The van der Waals surface area contributed by atoms with Crippen LogP contribution in [0, 0.1) is 5.82 Å². The fourth-order valence-electron chi connectivity index (χ4n) is 2.27. The molecule has 27 heavy (non-hydrogen) atoms. The average molecular weight is 376 g/mol. The summed E-state index contributed by atoms with van der Waals surface area (Å²) in [5.41, 5.74) is 0.267. The minimum absolute atomic E-state index is 0.0183. The molecule has 2 rings (SSSR count). The lowest BCUT2D eigenvalue weighted by atomic mass is 10.1. The molecule has 0 radical (unpaired) electrons. The molecule has 1 aromatic heterocycles. The maximum absolute atomic E-state index is 13.9. The first-order chi connectivity index (χ1) is 12.8. The van der Waals surface area contributed by atoms with Crippen molar-refractivity contribution in [1.82, 2.24) is 10.3 Å². The van der Waals surface area contributed by atoms with E-state index in [2.05, 4.69) is 10.3 Å². The van der Waals surface area contributed by atoms with E-state index in [0.717, 1.165) is 12.5 Å². The number of methoxy groups -OCH3 is 1. The van der Waals surface area contributed by atoms with Crippen LogP contribution in [0.2, 0.25) is 0 Å². The molecule has 1 aromatic carbocycles. The second kappa shape index (κ2) is 8.98. The largest absolute Gasteiger partial charge is 0.494 e. The van der Waals surface area contributed by atoms with Crippen molar-refractivity contribution >= 4 is 11.9 Å². The molecule has 0 aliphatic heterocycles. The zero-order valence-corrected chi connectivity index (χ0v) is 15.2. The third-order valence-corrected chi connectivity index (χ3v) is 3.93. The highest BCUT2D eigenvalue weighted by Gasteiger charge is 2.24. The Kier molecular flexibility index (Phi) is 6.70. The van der Waals surface area contributed by atoms with Crippen molar-refractivity contribution in [1.29, 1.82) is 0 Å². The summed E-state index contributed by atoms with van der Waals surface area (Å²) in [6, 6.07) is 5.14. The summed E-state index contributed by atoms with van der Waals surface area (Å²) >= 11 is 0. The molecule has 0 saturated carbocycles. The van der Waals surface area contributed by atoms with E-state index in [-0.39, 0.29) is 28.9 Å². The van der Waals surface area contributed by atoms with Crippen LogP contribution < -0.4 is 14.8 Å². The summed E-state index contributed by atoms with van der Waals surface area (Å²) in [7, 11) is 1.30. The first kappa shape index (κ1) is 20.2. The van der Waals surface area contributed by atoms with Crippen LogP contribution in [0.4, 0.5) is 4.39 Å². The Morgan fingerprint density at radius 1 is 1.30 bits per heavy atom. The number of hydrogen-bond donors (Lipinski definition) is 2. The first-order valence-corrected chi connectivity index (χ1v) is 8.35. The SMILES string of the molecule is CCC(C)Oc1cc(C(=O)NC(C(=O)O)c2ccc(OC)c(F)c2)ccn1. The number of carbonyl (C=O) groups excluding carboxylic acids is 1. The first-order valence-electron chi connectivity index (χ1n) is 8.35. The van der Waals surface area contributed by atoms with Gasteiger partial charge in [-0.2, -0.15) is 0 Å². The van der Waals surface area contributed by atoms with E-state index in [0.29, 0.717) is 0 Å². The van der Waals surface area contributed by atoms with Gasteiger partial charge in [-0.25, -0.2) is 14.2 Å². The molecule has 0 spiro atoms. The number of hydrogen-bond acceptors (Lipinski definition) is 5. The van der Waals surface area contributed by atoms with Crippen LogP contribution in [0.3, 0.4) is 0 Å². The van der Waals surface area contributed by atoms with Gasteiger partial charge in [0, 0.05) is 17.8 Å². The van der Waals surface area contributed by atoms with E-state index in [9.17, 15) is 19.1 Å². The van der Waals surface area contributed by atoms with Crippen LogP contribution in [0.5, 0.6) is 11.6 Å². The van der Waals surface area contributed by atoms with Gasteiger partial charge in [-0.15, -0.1) is 0 Å². The molecule has 0 saturated heterocycles. The summed E-state index contributed by atoms with van der Waals surface area (Å²) in [4.78, 5) is 28.1. The molecule has 8 heteroatoms. The quantitative estimate of drug-likeness (QED) is 0.735. The molecule has 2 aromatic rings. The Hall–Kier alpha value is -3.16. The highest BCUT2D eigenvalue weighted by Crippen LogP contribution is 2.23. The van der Waals surface area contributed by atoms with E-state index < -0.39 is 23.7 Å². The van der Waals surface area contributed by atoms with Crippen molar-refractivity contribution in [2.45, 2.75) is 32.4 Å². The number of aromatic nitrogens is 1. The Morgan fingerprint density at radius 2 is 2.04 bits per heavy atom. The highest BCUT2D eigenvalue weighted by atomic mass is 19.1. The van der Waals surface area contributed by atoms with Crippen molar-refractivity contribution in [2.24, 2.45) is 0 Å². The average Bonchev–Trinajstić information content (AvgIpc) is 2.65. The number of amides is 1. The maximum atomic E-state index is 13.9. The van der Waals surface area contributed by atoms with Gasteiger partial charge in [-0.1, -0.05) is 13.0 Å². The van der Waals surface area contributed by atoms with Gasteiger partial charge in [-0.3, -0.25) is 4.79 Å². The van der Waals surface area contributed by atoms with Crippen molar-refractivity contribution in [3.05, 3.63) is 53.5 Å². The second-order valence-electron chi connectivity index (χ2n) is 5.86. The van der Waals surface area contributed by atoms with E-state index in [1.54, 1.807) is 0 Å². The monoisotopic (exact) mass is 376 g/mol. The fraction of sp³-hybridized carbons (Fsp3) is 0.316. The zero-order chi connectivity index (χ0) is 20.0. The number of halogens is 1. The van der Waals surface area contributed by atoms with Crippen molar-refractivity contribution in [3.63, 3.8) is 0 Å². The number of ether oxygens (including phenoxy) is 2. The van der Waals surface area contributed by atoms with Gasteiger partial charge >= 0.3 is 5.97 Å². The summed E-state index contributed by atoms with van der Waals surface area (Å²) in [5, 5.41) is 11.8. The van der Waals surface area contributed by atoms with Crippen LogP contribution in [0.25, 0.3) is 0 Å². The maximum Gasteiger partial charge on any atom is 0.330 e. The molecule has 7 nitrogen and oxygen atoms in total. The van der Waals surface area contributed by atoms with Crippen LogP contribution in [0.1, 0.15) is 42.2 Å². The fourth-order valence-corrected chi connectivity index (χ4v) is 2.27. The lowest BCUT2D eigenvalue weighted by Crippen LogP contribution is -2.33. The second-order valence-corrected chi connectivity index (χ2v) is 5.86. The number of pyridine rings is 1. The summed E-state index contributed by atoms with van der Waals surface area (Å²) < 4.78 is 24.3. The predicted octanol–water partition coefficient (Wildman–Crippen LogP) is 2.96. The number of nitrogens with one attached hydrogen (secondary N) is 1. The standard InChI is InChI=1S/C19H21FN2O5/c1-4-11(2)27-16-10-13(7-8-21-16)18(23)22-17(19(24)25)12-5-6-15(26-3)14(20)9-12/h5-11,17H,4H2,1-3H3,(H,22,23)(H,24,25). The van der Waals surface area contributed by atoms with Gasteiger partial charge in [0.25, 0.3) is 5.91 Å². The van der Waals surface area contributed by atoms with Crippen LogP contribution in [0.15, 0.2) is 36.5 Å². The number of carboxylic acid groups (broad SMARTS) is 1. The van der Waals surface area contributed by atoms with Crippen LogP contribution >= 0.6 is 0 Å². The minimum atomic E-state index is -1.43. The van der Waals surface area contributed by atoms with Crippen molar-refractivity contribution in [2.75, 3.05) is 7.11 Å². The predicted molar refractivity (Wildman–Crippen MR) is 95.4 cm³/mol. The van der Waals surface area contributed by atoms with E-state index >= 15 is 0 Å². The molecular formula is C19H21FN2O5. The molecule has 1 heterocycles. The molecule has 2 unspecified atom stereocenters. The van der Waals surface area contributed by atoms with E-state index in [1.807, 2.05) is 13.8 Å². The van der Waals surface area contributed by atoms with Gasteiger partial charge in [0.05, 0.1) is 13.2 Å². The van der Waals surface area contributed by atoms with Gasteiger partial charge in [0.1, 0.15) is 0 Å². The molecule has 0 fully saturated rings. The minimum Gasteiger partial charge on any atom is -0.494 e. The van der Waals surface area contributed by atoms with Crippen molar-refractivity contribution in [3.8, 4) is 11.6 Å². The van der Waals surface area contributed by atoms with Gasteiger partial charge in [0.2, 0.25) is 5.88 Å². The molecule has 0 bridgehead atoms. The Balaban J connectivity index is 2.21. The number of benzene rings is 1. The molecule has 2 N–H and O–H groups in total. The molecule has 1 amide bonds. The molecule has 0 aliphatic carbocycles. The van der Waals surface area contributed by atoms with Gasteiger partial charge in [-0.05, 0) is 37.1 Å². The molecule has 2 atom stereocenters. The third-order valence-electron chi connectivity index (χ3n) is 3.93. The van der Waals surface area contributed by atoms with Crippen molar-refractivity contribution < 1.29 is 28.6 Å². The molecule has 144 valence electrons. The molecule has 0 aliphatic rings. The van der Waals surface area contributed by atoms with Crippen LogP contribution in [-0.2, 0) is 4.79 Å². The summed E-state index contributed by atoms with van der Waals surface area (Å²) in [6.45, 7) is 3.82. The van der Waals surface area contributed by atoms with Gasteiger partial charge in [0.15, 0.2) is 17.6 Å². The Labute approximate surface area is 156 Å². The zero-order valence-electron chi connectivity index (χ0n) is 15.2. The number of nitrogens with zero attached hydrogens (tertiary/aromatic N) is 1. The normalized spacial score (nSPS) is 12.7. The third kappa shape index (κ3) is 5.16. The number of carbonyl (C=O) groups is 2. The number of rotatable bonds is 8. The summed E-state index contributed by atoms with van der Waals surface area (Å²) in [6.07, 6.45) is 2.09. The molecular weight excluding hydrogens is 355 g/mol. The Bertz CT molecular complexity index is 827. The lowest BCUT2D eigenvalue weighted by Gasteiger charge is -2.16. The van der Waals surface area contributed by atoms with Crippen LogP contribution in [-0.4, -0.2) is 35.2 Å².